The molecule has 1 unspecified atom stereocenters. The minimum absolute atomic E-state index is 0.144. The smallest absolute Gasteiger partial charge is 0.136 e. The summed E-state index contributed by atoms with van der Waals surface area (Å²) in [5.41, 5.74) is 0. The molecule has 1 rings (SSSR count). The van der Waals surface area contributed by atoms with E-state index >= 15 is 0 Å². The van der Waals surface area contributed by atoms with Gasteiger partial charge in [0.25, 0.3) is 0 Å². The molecule has 0 fully saturated rings. The van der Waals surface area contributed by atoms with Crippen LogP contribution in [0, 0.1) is 0 Å². The van der Waals surface area contributed by atoms with E-state index in [1.807, 2.05) is 31.5 Å². The number of Topliss-reactive ketones (excluding diaryl/α,β-unsaturated/α-hetero) is 2. The minimum Gasteiger partial charge on any atom is -0.356 e. The fourth-order valence-electron chi connectivity index (χ4n) is 2.50. The maximum absolute atomic E-state index is 11.4. The minimum atomic E-state index is 0.144. The SMILES string of the molecule is CCC(=O)C/C=C/N(CCCCCCC(C)=O)C1CC=CC=N1. The number of dihydropyridines is 1. The Kier molecular flexibility index (Phi) is 9.92. The van der Waals surface area contributed by atoms with Crippen LogP contribution in [0.25, 0.3) is 0 Å². The first-order valence-electron chi connectivity index (χ1n) is 8.75. The van der Waals surface area contributed by atoms with Crippen LogP contribution in [0.4, 0.5) is 0 Å². The first-order valence-corrected chi connectivity index (χ1v) is 8.75. The summed E-state index contributed by atoms with van der Waals surface area (Å²) in [6.45, 7) is 4.48. The topological polar surface area (TPSA) is 49.7 Å². The third kappa shape index (κ3) is 9.11. The van der Waals surface area contributed by atoms with Crippen molar-refractivity contribution in [3.63, 3.8) is 0 Å². The van der Waals surface area contributed by atoms with E-state index < -0.39 is 0 Å². The van der Waals surface area contributed by atoms with E-state index in [1.54, 1.807) is 6.92 Å². The average molecular weight is 318 g/mol. The normalized spacial score (nSPS) is 16.9. The van der Waals surface area contributed by atoms with Crippen molar-refractivity contribution in [1.82, 2.24) is 4.90 Å². The Morgan fingerprint density at radius 2 is 2.04 bits per heavy atom. The van der Waals surface area contributed by atoms with E-state index in [4.69, 9.17) is 0 Å². The molecule has 1 aliphatic rings. The predicted octanol–water partition coefficient (Wildman–Crippen LogP) is 4.07. The zero-order chi connectivity index (χ0) is 16.9. The van der Waals surface area contributed by atoms with Crippen LogP contribution < -0.4 is 0 Å². The molecule has 0 N–H and O–H groups in total. The number of allylic oxidation sites excluding steroid dienone is 2. The second kappa shape index (κ2) is 11.8. The maximum Gasteiger partial charge on any atom is 0.136 e. The second-order valence-electron chi connectivity index (χ2n) is 6.03. The molecule has 0 bridgehead atoms. The molecule has 1 atom stereocenters. The molecule has 0 radical (unpaired) electrons. The number of carbonyl (C=O) groups excluding carboxylic acids is 2. The highest BCUT2D eigenvalue weighted by molar-refractivity contribution is 5.79. The van der Waals surface area contributed by atoms with Crippen LogP contribution in [0.2, 0.25) is 0 Å². The van der Waals surface area contributed by atoms with Crippen molar-refractivity contribution in [3.8, 4) is 0 Å². The number of ketones is 2. The molecular weight excluding hydrogens is 288 g/mol. The molecule has 4 nitrogen and oxygen atoms in total. The highest BCUT2D eigenvalue weighted by Crippen LogP contribution is 2.13. The summed E-state index contributed by atoms with van der Waals surface area (Å²) in [6, 6.07) is 0. The Morgan fingerprint density at radius 1 is 1.26 bits per heavy atom. The quantitative estimate of drug-likeness (QED) is 0.510. The number of carbonyl (C=O) groups is 2. The van der Waals surface area contributed by atoms with Gasteiger partial charge in [-0.05, 0) is 32.0 Å². The molecule has 0 aliphatic carbocycles. The Balaban J connectivity index is 2.38. The highest BCUT2D eigenvalue weighted by atomic mass is 16.1. The molecule has 0 spiro atoms. The summed E-state index contributed by atoms with van der Waals surface area (Å²) >= 11 is 0. The highest BCUT2D eigenvalue weighted by Gasteiger charge is 2.13. The van der Waals surface area contributed by atoms with Gasteiger partial charge in [-0.15, -0.1) is 0 Å². The van der Waals surface area contributed by atoms with Crippen molar-refractivity contribution in [2.75, 3.05) is 6.54 Å². The van der Waals surface area contributed by atoms with Crippen molar-refractivity contribution in [2.45, 2.75) is 71.4 Å². The summed E-state index contributed by atoms with van der Waals surface area (Å²) in [5.74, 6) is 0.538. The second-order valence-corrected chi connectivity index (χ2v) is 6.03. The van der Waals surface area contributed by atoms with Crippen LogP contribution in [0.15, 0.2) is 29.4 Å². The van der Waals surface area contributed by atoms with E-state index in [-0.39, 0.29) is 17.7 Å². The van der Waals surface area contributed by atoms with E-state index in [9.17, 15) is 9.59 Å². The summed E-state index contributed by atoms with van der Waals surface area (Å²) < 4.78 is 0. The fraction of sp³-hybridized carbons (Fsp3) is 0.632. The average Bonchev–Trinajstić information content (AvgIpc) is 2.56. The lowest BCUT2D eigenvalue weighted by molar-refractivity contribution is -0.118. The van der Waals surface area contributed by atoms with Gasteiger partial charge in [0.1, 0.15) is 17.7 Å². The first-order chi connectivity index (χ1) is 11.1. The van der Waals surface area contributed by atoms with Gasteiger partial charge in [0.05, 0.1) is 0 Å². The number of aliphatic imine (C=N–C) groups is 1. The number of nitrogens with zero attached hydrogens (tertiary/aromatic N) is 2. The van der Waals surface area contributed by atoms with Crippen molar-refractivity contribution in [1.29, 1.82) is 0 Å². The maximum atomic E-state index is 11.4. The van der Waals surface area contributed by atoms with Crippen molar-refractivity contribution < 1.29 is 9.59 Å². The largest absolute Gasteiger partial charge is 0.356 e. The predicted molar refractivity (Wildman–Crippen MR) is 95.6 cm³/mol. The third-order valence-corrected chi connectivity index (χ3v) is 3.94. The molecule has 23 heavy (non-hydrogen) atoms. The van der Waals surface area contributed by atoms with Gasteiger partial charge in [0.2, 0.25) is 0 Å². The van der Waals surface area contributed by atoms with Crippen LogP contribution >= 0.6 is 0 Å². The van der Waals surface area contributed by atoms with Gasteiger partial charge < -0.3 is 9.69 Å². The molecule has 0 saturated heterocycles. The molecule has 0 aromatic carbocycles. The zero-order valence-electron chi connectivity index (χ0n) is 14.5. The lowest BCUT2D eigenvalue weighted by Crippen LogP contribution is -2.30. The lowest BCUT2D eigenvalue weighted by atomic mass is 10.1. The van der Waals surface area contributed by atoms with E-state index in [2.05, 4.69) is 16.0 Å². The third-order valence-electron chi connectivity index (χ3n) is 3.94. The molecule has 0 saturated carbocycles. The number of unbranched alkanes of at least 4 members (excludes halogenated alkanes) is 3. The van der Waals surface area contributed by atoms with Gasteiger partial charge in [-0.25, -0.2) is 0 Å². The van der Waals surface area contributed by atoms with Gasteiger partial charge in [0, 0.05) is 38.4 Å². The summed E-state index contributed by atoms with van der Waals surface area (Å²) in [4.78, 5) is 29.1. The van der Waals surface area contributed by atoms with Gasteiger partial charge in [-0.2, -0.15) is 0 Å². The van der Waals surface area contributed by atoms with Crippen LogP contribution in [0.1, 0.15) is 65.2 Å². The van der Waals surface area contributed by atoms with Crippen LogP contribution in [0.3, 0.4) is 0 Å². The summed E-state index contributed by atoms with van der Waals surface area (Å²) in [5, 5.41) is 0. The van der Waals surface area contributed by atoms with E-state index in [0.29, 0.717) is 19.3 Å². The monoisotopic (exact) mass is 318 g/mol. The van der Waals surface area contributed by atoms with Crippen LogP contribution in [-0.4, -0.2) is 35.4 Å². The molecule has 0 amide bonds. The Bertz CT molecular complexity index is 452. The molecule has 0 aromatic heterocycles. The van der Waals surface area contributed by atoms with Crippen molar-refractivity contribution >= 4 is 17.8 Å². The standard InChI is InChI=1S/C19H30N2O2/c1-3-18(23)12-10-16-21(19-13-7-8-14-20-19)15-9-5-4-6-11-17(2)22/h7-8,10,14,16,19H,3-6,9,11-13,15H2,1-2H3/b16-10+. The molecular formula is C19H30N2O2. The van der Waals surface area contributed by atoms with E-state index in [1.165, 1.54) is 0 Å². The van der Waals surface area contributed by atoms with Gasteiger partial charge in [-0.1, -0.05) is 31.9 Å². The number of hydrogen-bond donors (Lipinski definition) is 0. The van der Waals surface area contributed by atoms with Crippen LogP contribution in [0.5, 0.6) is 0 Å². The molecule has 0 aromatic rings. The fourth-order valence-corrected chi connectivity index (χ4v) is 2.50. The number of hydrogen-bond acceptors (Lipinski definition) is 4. The van der Waals surface area contributed by atoms with Crippen LogP contribution in [-0.2, 0) is 9.59 Å². The Morgan fingerprint density at radius 3 is 2.70 bits per heavy atom. The first kappa shape index (κ1) is 19.3. The van der Waals surface area contributed by atoms with Gasteiger partial charge in [0.15, 0.2) is 0 Å². The van der Waals surface area contributed by atoms with E-state index in [0.717, 1.165) is 38.6 Å². The number of rotatable bonds is 12. The Labute approximate surface area is 140 Å². The van der Waals surface area contributed by atoms with Gasteiger partial charge in [-0.3, -0.25) is 9.79 Å². The molecule has 1 heterocycles. The molecule has 4 heteroatoms. The van der Waals surface area contributed by atoms with Crippen molar-refractivity contribution in [2.24, 2.45) is 4.99 Å². The zero-order valence-corrected chi connectivity index (χ0v) is 14.5. The lowest BCUT2D eigenvalue weighted by Gasteiger charge is -2.28. The Hall–Kier alpha value is -1.71. The summed E-state index contributed by atoms with van der Waals surface area (Å²) in [6.07, 6.45) is 17.1. The van der Waals surface area contributed by atoms with Crippen molar-refractivity contribution in [3.05, 3.63) is 24.4 Å². The molecule has 1 aliphatic heterocycles. The summed E-state index contributed by atoms with van der Waals surface area (Å²) in [7, 11) is 0. The van der Waals surface area contributed by atoms with Gasteiger partial charge >= 0.3 is 0 Å². The molecule has 128 valence electrons.